The van der Waals surface area contributed by atoms with Gasteiger partial charge in [0, 0.05) is 5.56 Å². The highest BCUT2D eigenvalue weighted by molar-refractivity contribution is 6.06. The Labute approximate surface area is 128 Å². The maximum atomic E-state index is 13.2. The van der Waals surface area contributed by atoms with Gasteiger partial charge in [0.25, 0.3) is 0 Å². The van der Waals surface area contributed by atoms with E-state index in [0.29, 0.717) is 0 Å². The van der Waals surface area contributed by atoms with Gasteiger partial charge in [-0.05, 0) is 69.4 Å². The molecule has 0 aromatic heterocycles. The molecule has 2 rings (SSSR count). The summed E-state index contributed by atoms with van der Waals surface area (Å²) in [6, 6.07) is 12.2. The van der Waals surface area contributed by atoms with E-state index in [1.807, 2.05) is 44.2 Å². The van der Waals surface area contributed by atoms with Gasteiger partial charge in [-0.25, -0.2) is 0 Å². The Bertz CT molecular complexity index is 652. The van der Waals surface area contributed by atoms with Gasteiger partial charge in [0.05, 0.1) is 5.41 Å². The molecule has 0 spiro atoms. The molecular weight excluding hydrogens is 256 g/mol. The van der Waals surface area contributed by atoms with E-state index < -0.39 is 5.41 Å². The summed E-state index contributed by atoms with van der Waals surface area (Å²) in [6.45, 7) is 12.3. The smallest absolute Gasteiger partial charge is 0.173 e. The Morgan fingerprint density at radius 3 is 1.81 bits per heavy atom. The van der Waals surface area contributed by atoms with Gasteiger partial charge in [0.1, 0.15) is 0 Å². The number of hydrogen-bond donors (Lipinski definition) is 0. The molecule has 1 nitrogen and oxygen atoms in total. The van der Waals surface area contributed by atoms with E-state index in [1.165, 1.54) is 11.1 Å². The van der Waals surface area contributed by atoms with Crippen molar-refractivity contribution in [3.63, 3.8) is 0 Å². The predicted octanol–water partition coefficient (Wildman–Crippen LogP) is 5.08. The van der Waals surface area contributed by atoms with E-state index in [1.54, 1.807) is 0 Å². The topological polar surface area (TPSA) is 17.1 Å². The zero-order chi connectivity index (χ0) is 15.8. The lowest BCUT2D eigenvalue weighted by molar-refractivity contribution is 0.0907. The Morgan fingerprint density at radius 2 is 1.33 bits per heavy atom. The number of carbonyl (C=O) groups excluding carboxylic acids is 1. The summed E-state index contributed by atoms with van der Waals surface area (Å²) < 4.78 is 0. The molecule has 0 bridgehead atoms. The second kappa shape index (κ2) is 5.48. The number of hydrogen-bond acceptors (Lipinski definition) is 1. The Hall–Kier alpha value is -1.89. The lowest BCUT2D eigenvalue weighted by Gasteiger charge is -2.26. The second-order valence-corrected chi connectivity index (χ2v) is 6.46. The van der Waals surface area contributed by atoms with E-state index >= 15 is 0 Å². The van der Waals surface area contributed by atoms with Crippen molar-refractivity contribution in [3.8, 4) is 0 Å². The number of benzene rings is 2. The van der Waals surface area contributed by atoms with Gasteiger partial charge in [-0.3, -0.25) is 4.79 Å². The number of rotatable bonds is 3. The SMILES string of the molecule is Cc1cc(C)c(C)c(C(=O)C(C)(C)c2ccccc2)c1C. The molecule has 0 radical (unpaired) electrons. The molecule has 0 saturated carbocycles. The fourth-order valence-corrected chi connectivity index (χ4v) is 2.86. The van der Waals surface area contributed by atoms with Gasteiger partial charge < -0.3 is 0 Å². The number of aryl methyl sites for hydroxylation is 2. The number of Topliss-reactive ketones (excluding diaryl/α,β-unsaturated/α-hetero) is 1. The summed E-state index contributed by atoms with van der Waals surface area (Å²) in [5.41, 5.74) is 6.01. The van der Waals surface area contributed by atoms with Crippen LogP contribution in [0.25, 0.3) is 0 Å². The summed E-state index contributed by atoms with van der Waals surface area (Å²) in [5, 5.41) is 0. The molecule has 2 aromatic rings. The molecule has 21 heavy (non-hydrogen) atoms. The second-order valence-electron chi connectivity index (χ2n) is 6.46. The van der Waals surface area contributed by atoms with Crippen molar-refractivity contribution < 1.29 is 4.79 Å². The standard InChI is InChI=1S/C20H24O/c1-13-12-14(2)16(4)18(15(13)3)19(21)20(5,6)17-10-8-7-9-11-17/h7-12H,1-6H3. The summed E-state index contributed by atoms with van der Waals surface area (Å²) in [5.74, 6) is 0.204. The Balaban J connectivity index is 2.60. The molecule has 0 fully saturated rings. The molecule has 0 aliphatic heterocycles. The predicted molar refractivity (Wildman–Crippen MR) is 89.2 cm³/mol. The first-order valence-electron chi connectivity index (χ1n) is 7.44. The minimum atomic E-state index is -0.517. The molecule has 0 aliphatic rings. The Kier molecular flexibility index (Phi) is 4.04. The fraction of sp³-hybridized carbons (Fsp3) is 0.350. The lowest BCUT2D eigenvalue weighted by Crippen LogP contribution is -2.30. The summed E-state index contributed by atoms with van der Waals surface area (Å²) in [4.78, 5) is 13.2. The van der Waals surface area contributed by atoms with Crippen molar-refractivity contribution >= 4 is 5.78 Å². The van der Waals surface area contributed by atoms with Crippen LogP contribution in [0.3, 0.4) is 0 Å². The first-order chi connectivity index (χ1) is 9.76. The molecule has 0 amide bonds. The van der Waals surface area contributed by atoms with Crippen LogP contribution in [-0.2, 0) is 5.41 Å². The van der Waals surface area contributed by atoms with E-state index in [4.69, 9.17) is 0 Å². The number of carbonyl (C=O) groups is 1. The highest BCUT2D eigenvalue weighted by Gasteiger charge is 2.32. The quantitative estimate of drug-likeness (QED) is 0.716. The van der Waals surface area contributed by atoms with Gasteiger partial charge in [-0.1, -0.05) is 36.4 Å². The van der Waals surface area contributed by atoms with Gasteiger partial charge in [0.2, 0.25) is 0 Å². The normalized spacial score (nSPS) is 11.5. The average Bonchev–Trinajstić information content (AvgIpc) is 2.46. The van der Waals surface area contributed by atoms with Crippen molar-refractivity contribution in [1.29, 1.82) is 0 Å². The first-order valence-corrected chi connectivity index (χ1v) is 7.44. The highest BCUT2D eigenvalue weighted by Crippen LogP contribution is 2.32. The summed E-state index contributed by atoms with van der Waals surface area (Å²) in [7, 11) is 0. The van der Waals surface area contributed by atoms with Gasteiger partial charge >= 0.3 is 0 Å². The van der Waals surface area contributed by atoms with Crippen LogP contribution < -0.4 is 0 Å². The molecule has 0 heterocycles. The van der Waals surface area contributed by atoms with Gasteiger partial charge in [0.15, 0.2) is 5.78 Å². The third-order valence-corrected chi connectivity index (χ3v) is 4.66. The molecular formula is C20H24O. The molecule has 110 valence electrons. The van der Waals surface area contributed by atoms with Crippen LogP contribution >= 0.6 is 0 Å². The minimum Gasteiger partial charge on any atom is -0.293 e. The van der Waals surface area contributed by atoms with Crippen molar-refractivity contribution in [3.05, 3.63) is 69.8 Å². The number of ketones is 1. The molecule has 0 atom stereocenters. The van der Waals surface area contributed by atoms with Crippen LogP contribution in [0.2, 0.25) is 0 Å². The lowest BCUT2D eigenvalue weighted by atomic mass is 9.75. The zero-order valence-electron chi connectivity index (χ0n) is 13.9. The third kappa shape index (κ3) is 2.65. The maximum Gasteiger partial charge on any atom is 0.173 e. The fourth-order valence-electron chi connectivity index (χ4n) is 2.86. The van der Waals surface area contributed by atoms with Crippen LogP contribution in [-0.4, -0.2) is 5.78 Å². The van der Waals surface area contributed by atoms with Crippen LogP contribution in [0, 0.1) is 27.7 Å². The van der Waals surface area contributed by atoms with Crippen LogP contribution in [0.1, 0.15) is 52.0 Å². The average molecular weight is 280 g/mol. The summed E-state index contributed by atoms with van der Waals surface area (Å²) >= 11 is 0. The first kappa shape index (κ1) is 15.5. The molecule has 0 N–H and O–H groups in total. The van der Waals surface area contributed by atoms with Crippen molar-refractivity contribution in [2.24, 2.45) is 0 Å². The molecule has 0 aliphatic carbocycles. The van der Waals surface area contributed by atoms with Crippen LogP contribution in [0.5, 0.6) is 0 Å². The molecule has 1 heteroatoms. The zero-order valence-corrected chi connectivity index (χ0v) is 13.9. The van der Waals surface area contributed by atoms with Crippen LogP contribution in [0.4, 0.5) is 0 Å². The third-order valence-electron chi connectivity index (χ3n) is 4.66. The largest absolute Gasteiger partial charge is 0.293 e. The van der Waals surface area contributed by atoms with Crippen molar-refractivity contribution in [1.82, 2.24) is 0 Å². The van der Waals surface area contributed by atoms with Gasteiger partial charge in [-0.2, -0.15) is 0 Å². The molecule has 0 saturated heterocycles. The van der Waals surface area contributed by atoms with E-state index in [9.17, 15) is 4.79 Å². The molecule has 0 unspecified atom stereocenters. The highest BCUT2D eigenvalue weighted by atomic mass is 16.1. The van der Waals surface area contributed by atoms with E-state index in [2.05, 4.69) is 33.8 Å². The van der Waals surface area contributed by atoms with Crippen LogP contribution in [0.15, 0.2) is 36.4 Å². The van der Waals surface area contributed by atoms with Crippen molar-refractivity contribution in [2.45, 2.75) is 47.0 Å². The Morgan fingerprint density at radius 1 is 0.857 bits per heavy atom. The monoisotopic (exact) mass is 280 g/mol. The molecule has 2 aromatic carbocycles. The van der Waals surface area contributed by atoms with E-state index in [-0.39, 0.29) is 5.78 Å². The van der Waals surface area contributed by atoms with Gasteiger partial charge in [-0.15, -0.1) is 0 Å². The summed E-state index contributed by atoms with van der Waals surface area (Å²) in [6.07, 6.45) is 0. The van der Waals surface area contributed by atoms with E-state index in [0.717, 1.165) is 22.3 Å². The van der Waals surface area contributed by atoms with Crippen molar-refractivity contribution in [2.75, 3.05) is 0 Å². The minimum absolute atomic E-state index is 0.204. The maximum absolute atomic E-state index is 13.2.